The van der Waals surface area contributed by atoms with Gasteiger partial charge in [-0.2, -0.15) is 15.1 Å². The summed E-state index contributed by atoms with van der Waals surface area (Å²) in [6.45, 7) is 6.00. The molecule has 4 aromatic heterocycles. The molecule has 0 saturated carbocycles. The quantitative estimate of drug-likeness (QED) is 0.488. The molecule has 31 heavy (non-hydrogen) atoms. The lowest BCUT2D eigenvalue weighted by molar-refractivity contribution is -0.107. The van der Waals surface area contributed by atoms with Crippen molar-refractivity contribution in [2.24, 2.45) is 4.99 Å². The van der Waals surface area contributed by atoms with Gasteiger partial charge >= 0.3 is 0 Å². The average molecular weight is 421 g/mol. The van der Waals surface area contributed by atoms with Crippen molar-refractivity contribution in [3.05, 3.63) is 36.0 Å². The standard InChI is InChI=1S/C20H23N9O2/c1-3-27-16-9-21-19(25-15-10-28-17(8-13(15)2)22-11-24-28)26-18(16)29(20(27)23-12-30)14-4-6-31-7-5-14/h8-12,14H,3-7H2,1-2H3,(H,21,25,26)/b23-20+. The number of amides is 1. The first-order valence-corrected chi connectivity index (χ1v) is 10.3. The number of carbonyl (C=O) groups excluding carboxylic acids is 1. The van der Waals surface area contributed by atoms with E-state index in [1.54, 1.807) is 10.7 Å². The largest absolute Gasteiger partial charge is 0.381 e. The number of aryl methyl sites for hydroxylation is 2. The minimum Gasteiger partial charge on any atom is -0.381 e. The number of hydrogen-bond acceptors (Lipinski definition) is 7. The molecule has 11 heteroatoms. The second-order valence-corrected chi connectivity index (χ2v) is 7.45. The van der Waals surface area contributed by atoms with Gasteiger partial charge in [-0.1, -0.05) is 0 Å². The van der Waals surface area contributed by atoms with E-state index < -0.39 is 0 Å². The van der Waals surface area contributed by atoms with Crippen LogP contribution in [0.2, 0.25) is 0 Å². The molecule has 0 radical (unpaired) electrons. The number of ether oxygens (including phenoxy) is 1. The van der Waals surface area contributed by atoms with Gasteiger partial charge in [-0.3, -0.25) is 9.36 Å². The lowest BCUT2D eigenvalue weighted by Gasteiger charge is -2.23. The van der Waals surface area contributed by atoms with Crippen molar-refractivity contribution in [3.63, 3.8) is 0 Å². The van der Waals surface area contributed by atoms with Crippen LogP contribution in [0.15, 0.2) is 29.8 Å². The number of hydrogen-bond donors (Lipinski definition) is 1. The molecule has 1 fully saturated rings. The molecule has 4 aromatic rings. The van der Waals surface area contributed by atoms with Gasteiger partial charge in [0.25, 0.3) is 0 Å². The second kappa shape index (κ2) is 7.91. The SMILES string of the molecule is CCn1/c(=N\C=O)n(C2CCOCC2)c2nc(Nc3cn4ncnc4cc3C)ncc21. The van der Waals surface area contributed by atoms with Crippen LogP contribution in [0.1, 0.15) is 31.4 Å². The molecular formula is C20H23N9O2. The highest BCUT2D eigenvalue weighted by Gasteiger charge is 2.23. The van der Waals surface area contributed by atoms with Crippen LogP contribution in [-0.2, 0) is 16.1 Å². The topological polar surface area (TPSA) is 117 Å². The minimum absolute atomic E-state index is 0.152. The maximum absolute atomic E-state index is 11.3. The Labute approximate surface area is 177 Å². The zero-order chi connectivity index (χ0) is 21.4. The van der Waals surface area contributed by atoms with Crippen LogP contribution in [0.3, 0.4) is 0 Å². The average Bonchev–Trinajstić information content (AvgIpc) is 3.36. The summed E-state index contributed by atoms with van der Waals surface area (Å²) in [5.41, 5.74) is 4.78. The predicted molar refractivity (Wildman–Crippen MR) is 113 cm³/mol. The van der Waals surface area contributed by atoms with Gasteiger partial charge in [-0.25, -0.2) is 14.5 Å². The van der Waals surface area contributed by atoms with E-state index >= 15 is 0 Å². The van der Waals surface area contributed by atoms with E-state index in [2.05, 4.69) is 29.9 Å². The zero-order valence-electron chi connectivity index (χ0n) is 17.4. The fourth-order valence-electron chi connectivity index (χ4n) is 4.11. The molecule has 0 spiro atoms. The Morgan fingerprint density at radius 3 is 2.94 bits per heavy atom. The van der Waals surface area contributed by atoms with Crippen molar-refractivity contribution < 1.29 is 9.53 Å². The Kier molecular flexibility index (Phi) is 4.94. The Balaban J connectivity index is 1.64. The minimum atomic E-state index is 0.152. The molecule has 5 rings (SSSR count). The summed E-state index contributed by atoms with van der Waals surface area (Å²) < 4.78 is 11.3. The maximum Gasteiger partial charge on any atom is 0.236 e. The summed E-state index contributed by atoms with van der Waals surface area (Å²) in [4.78, 5) is 29.0. The van der Waals surface area contributed by atoms with Crippen LogP contribution in [0.25, 0.3) is 16.8 Å². The maximum atomic E-state index is 11.3. The van der Waals surface area contributed by atoms with E-state index in [1.165, 1.54) is 6.33 Å². The Morgan fingerprint density at radius 2 is 2.16 bits per heavy atom. The Bertz CT molecular complexity index is 1330. The third kappa shape index (κ3) is 3.36. The molecule has 11 nitrogen and oxygen atoms in total. The molecule has 5 heterocycles. The van der Waals surface area contributed by atoms with E-state index in [9.17, 15) is 4.79 Å². The summed E-state index contributed by atoms with van der Waals surface area (Å²) in [5, 5.41) is 7.49. The normalized spacial score (nSPS) is 15.7. The number of pyridine rings is 1. The third-order valence-electron chi connectivity index (χ3n) is 5.64. The number of carbonyl (C=O) groups is 1. The zero-order valence-corrected chi connectivity index (χ0v) is 17.4. The van der Waals surface area contributed by atoms with E-state index in [4.69, 9.17) is 9.72 Å². The van der Waals surface area contributed by atoms with E-state index in [0.29, 0.717) is 37.7 Å². The lowest BCUT2D eigenvalue weighted by atomic mass is 10.1. The number of imidazole rings is 1. The molecule has 1 saturated heterocycles. The Morgan fingerprint density at radius 1 is 1.32 bits per heavy atom. The highest BCUT2D eigenvalue weighted by molar-refractivity contribution is 5.73. The molecule has 0 bridgehead atoms. The first-order valence-electron chi connectivity index (χ1n) is 10.3. The summed E-state index contributed by atoms with van der Waals surface area (Å²) in [5.74, 6) is 0.460. The van der Waals surface area contributed by atoms with Crippen LogP contribution in [0.4, 0.5) is 11.6 Å². The summed E-state index contributed by atoms with van der Waals surface area (Å²) in [6, 6.07) is 2.10. The second-order valence-electron chi connectivity index (χ2n) is 7.45. The van der Waals surface area contributed by atoms with Gasteiger partial charge < -0.3 is 14.6 Å². The smallest absolute Gasteiger partial charge is 0.236 e. The molecule has 0 atom stereocenters. The van der Waals surface area contributed by atoms with Crippen LogP contribution < -0.4 is 10.9 Å². The fourth-order valence-corrected chi connectivity index (χ4v) is 4.11. The number of nitrogens with zero attached hydrogens (tertiary/aromatic N) is 8. The molecular weight excluding hydrogens is 398 g/mol. The molecule has 0 aromatic carbocycles. The monoisotopic (exact) mass is 421 g/mol. The number of nitrogens with one attached hydrogen (secondary N) is 1. The molecule has 0 aliphatic carbocycles. The van der Waals surface area contributed by atoms with Crippen molar-refractivity contribution in [3.8, 4) is 0 Å². The summed E-state index contributed by atoms with van der Waals surface area (Å²) >= 11 is 0. The van der Waals surface area contributed by atoms with Crippen LogP contribution in [0.5, 0.6) is 0 Å². The number of fused-ring (bicyclic) bond motifs is 2. The van der Waals surface area contributed by atoms with E-state index in [-0.39, 0.29) is 6.04 Å². The highest BCUT2D eigenvalue weighted by atomic mass is 16.5. The first kappa shape index (κ1) is 19.4. The molecule has 0 unspecified atom stereocenters. The lowest BCUT2D eigenvalue weighted by Crippen LogP contribution is -2.32. The molecule has 1 aliphatic rings. The molecule has 1 aliphatic heterocycles. The number of rotatable bonds is 5. The van der Waals surface area contributed by atoms with Gasteiger partial charge in [0.05, 0.1) is 18.1 Å². The Hall–Kier alpha value is -3.60. The van der Waals surface area contributed by atoms with E-state index in [0.717, 1.165) is 40.9 Å². The van der Waals surface area contributed by atoms with Crippen LogP contribution in [0, 0.1) is 6.92 Å². The van der Waals surface area contributed by atoms with Crippen molar-refractivity contribution in [1.82, 2.24) is 33.7 Å². The first-order chi connectivity index (χ1) is 15.2. The molecule has 1 N–H and O–H groups in total. The van der Waals surface area contributed by atoms with Crippen LogP contribution >= 0.6 is 0 Å². The number of aromatic nitrogens is 7. The van der Waals surface area contributed by atoms with Crippen molar-refractivity contribution in [1.29, 1.82) is 0 Å². The fraction of sp³-hybridized carbons (Fsp3) is 0.400. The van der Waals surface area contributed by atoms with Gasteiger partial charge in [0.15, 0.2) is 11.3 Å². The van der Waals surface area contributed by atoms with Gasteiger partial charge in [-0.05, 0) is 38.3 Å². The van der Waals surface area contributed by atoms with Crippen molar-refractivity contribution >= 4 is 34.9 Å². The van der Waals surface area contributed by atoms with Gasteiger partial charge in [0.1, 0.15) is 11.8 Å². The highest BCUT2D eigenvalue weighted by Crippen LogP contribution is 2.25. The van der Waals surface area contributed by atoms with Gasteiger partial charge in [0, 0.05) is 25.8 Å². The molecule has 1 amide bonds. The van der Waals surface area contributed by atoms with Gasteiger partial charge in [0.2, 0.25) is 18.0 Å². The van der Waals surface area contributed by atoms with Crippen LogP contribution in [-0.4, -0.2) is 53.3 Å². The predicted octanol–water partition coefficient (Wildman–Crippen LogP) is 1.76. The summed E-state index contributed by atoms with van der Waals surface area (Å²) in [6.07, 6.45) is 7.41. The third-order valence-corrected chi connectivity index (χ3v) is 5.64. The molecule has 160 valence electrons. The summed E-state index contributed by atoms with van der Waals surface area (Å²) in [7, 11) is 0. The number of anilines is 2. The van der Waals surface area contributed by atoms with Gasteiger partial charge in [-0.15, -0.1) is 0 Å². The van der Waals surface area contributed by atoms with Crippen molar-refractivity contribution in [2.75, 3.05) is 18.5 Å². The van der Waals surface area contributed by atoms with Crippen molar-refractivity contribution in [2.45, 2.75) is 39.3 Å². The van der Waals surface area contributed by atoms with E-state index in [1.807, 2.05) is 30.7 Å².